The number of thioether (sulfide) groups is 2. The summed E-state index contributed by atoms with van der Waals surface area (Å²) in [5.41, 5.74) is 3.42. The van der Waals surface area contributed by atoms with Crippen LogP contribution in [0.5, 0.6) is 0 Å². The molecule has 0 radical (unpaired) electrons. The van der Waals surface area contributed by atoms with Gasteiger partial charge in [0, 0.05) is 5.75 Å². The van der Waals surface area contributed by atoms with Crippen molar-refractivity contribution in [2.75, 3.05) is 5.75 Å². The maximum atomic E-state index is 12.4. The molecule has 0 saturated heterocycles. The minimum absolute atomic E-state index is 0.0379. The highest BCUT2D eigenvalue weighted by Crippen LogP contribution is 2.34. The summed E-state index contributed by atoms with van der Waals surface area (Å²) in [5.74, 6) is 1.70. The third-order valence-electron chi connectivity index (χ3n) is 4.02. The summed E-state index contributed by atoms with van der Waals surface area (Å²) in [6.07, 6.45) is 0. The van der Waals surface area contributed by atoms with Crippen LogP contribution >= 0.6 is 23.5 Å². The molecule has 1 aliphatic heterocycles. The summed E-state index contributed by atoms with van der Waals surface area (Å²) >= 11 is 3.22. The van der Waals surface area contributed by atoms with Gasteiger partial charge in [-0.15, -0.1) is 0 Å². The summed E-state index contributed by atoms with van der Waals surface area (Å²) in [4.78, 5) is 17.1. The zero-order valence-corrected chi connectivity index (χ0v) is 16.1. The van der Waals surface area contributed by atoms with Crippen LogP contribution in [-0.4, -0.2) is 16.0 Å². The minimum Gasteiger partial charge on any atom is -0.348 e. The number of nitrogens with zero attached hydrogens (tertiary/aromatic N) is 1. The fraction of sp³-hybridized carbons (Fsp3) is 0.300. The number of amides is 1. The van der Waals surface area contributed by atoms with Crippen LogP contribution < -0.4 is 5.32 Å². The average molecular weight is 371 g/mol. The van der Waals surface area contributed by atoms with E-state index < -0.39 is 0 Å². The average Bonchev–Trinajstić information content (AvgIpc) is 2.64. The monoisotopic (exact) mass is 370 g/mol. The normalized spacial score (nSPS) is 14.6. The fourth-order valence-corrected chi connectivity index (χ4v) is 4.60. The van der Waals surface area contributed by atoms with Gasteiger partial charge in [-0.1, -0.05) is 85.9 Å². The predicted molar refractivity (Wildman–Crippen MR) is 109 cm³/mol. The molecule has 25 heavy (non-hydrogen) atoms. The molecule has 1 heterocycles. The van der Waals surface area contributed by atoms with Crippen molar-refractivity contribution in [3.05, 3.63) is 65.7 Å². The van der Waals surface area contributed by atoms with Gasteiger partial charge >= 0.3 is 0 Å². The van der Waals surface area contributed by atoms with Crippen molar-refractivity contribution in [2.24, 2.45) is 10.9 Å². The van der Waals surface area contributed by atoms with E-state index in [0.717, 1.165) is 21.4 Å². The molecule has 1 N–H and O–H groups in total. The van der Waals surface area contributed by atoms with E-state index in [2.05, 4.69) is 42.4 Å². The summed E-state index contributed by atoms with van der Waals surface area (Å²) < 4.78 is 0.967. The Bertz CT molecular complexity index is 759. The second-order valence-electron chi connectivity index (χ2n) is 6.28. The Morgan fingerprint density at radius 2 is 1.88 bits per heavy atom. The first-order valence-corrected chi connectivity index (χ1v) is 10.4. The Morgan fingerprint density at radius 3 is 2.64 bits per heavy atom. The highest BCUT2D eigenvalue weighted by molar-refractivity contribution is 8.38. The minimum atomic E-state index is 0.0379. The van der Waals surface area contributed by atoms with Crippen LogP contribution in [0.4, 0.5) is 5.69 Å². The molecular formula is C20H22N2OS2. The van der Waals surface area contributed by atoms with Crippen molar-refractivity contribution in [3.8, 4) is 0 Å². The highest BCUT2D eigenvalue weighted by atomic mass is 32.2. The van der Waals surface area contributed by atoms with E-state index in [9.17, 15) is 4.79 Å². The van der Waals surface area contributed by atoms with Gasteiger partial charge in [-0.3, -0.25) is 4.79 Å². The molecule has 1 amide bonds. The molecule has 2 aromatic carbocycles. The number of carbonyl (C=O) groups excluding carboxylic acids is 1. The van der Waals surface area contributed by atoms with E-state index in [1.165, 1.54) is 17.3 Å². The molecule has 1 aliphatic rings. The molecule has 0 saturated carbocycles. The van der Waals surface area contributed by atoms with Crippen LogP contribution in [0.1, 0.15) is 31.0 Å². The number of rotatable bonds is 5. The number of para-hydroxylation sites is 1. The number of carbonyl (C=O) groups is 1. The summed E-state index contributed by atoms with van der Waals surface area (Å²) in [7, 11) is 0. The molecule has 130 valence electrons. The van der Waals surface area contributed by atoms with Crippen molar-refractivity contribution in [1.82, 2.24) is 5.32 Å². The van der Waals surface area contributed by atoms with Crippen LogP contribution in [0.2, 0.25) is 0 Å². The Morgan fingerprint density at radius 1 is 1.16 bits per heavy atom. The largest absolute Gasteiger partial charge is 0.348 e. The van der Waals surface area contributed by atoms with Gasteiger partial charge in [-0.2, -0.15) is 0 Å². The van der Waals surface area contributed by atoms with Crippen molar-refractivity contribution in [1.29, 1.82) is 0 Å². The molecule has 0 aliphatic carbocycles. The number of nitrogens with one attached hydrogen (secondary N) is 1. The topological polar surface area (TPSA) is 41.5 Å². The lowest BCUT2D eigenvalue weighted by molar-refractivity contribution is -0.119. The lowest BCUT2D eigenvalue weighted by atomic mass is 9.96. The number of benzene rings is 2. The van der Waals surface area contributed by atoms with Crippen molar-refractivity contribution in [2.45, 2.75) is 25.6 Å². The van der Waals surface area contributed by atoms with Crippen molar-refractivity contribution in [3.63, 3.8) is 0 Å². The number of hydrogen-bond donors (Lipinski definition) is 1. The first kappa shape index (κ1) is 18.1. The molecule has 3 rings (SSSR count). The molecule has 0 spiro atoms. The fourth-order valence-electron chi connectivity index (χ4n) is 2.72. The van der Waals surface area contributed by atoms with E-state index in [0.29, 0.717) is 11.7 Å². The quantitative estimate of drug-likeness (QED) is 0.789. The molecular weight excluding hydrogens is 348 g/mol. The third-order valence-corrected chi connectivity index (χ3v) is 6.27. The Hall–Kier alpha value is -1.72. The molecule has 3 nitrogen and oxygen atoms in total. The van der Waals surface area contributed by atoms with Crippen LogP contribution in [0.15, 0.2) is 59.6 Å². The maximum Gasteiger partial charge on any atom is 0.230 e. The van der Waals surface area contributed by atoms with Gasteiger partial charge in [0.25, 0.3) is 0 Å². The lowest BCUT2D eigenvalue weighted by Gasteiger charge is -2.23. The predicted octanol–water partition coefficient (Wildman–Crippen LogP) is 5.17. The van der Waals surface area contributed by atoms with Crippen LogP contribution in [-0.2, 0) is 10.5 Å². The van der Waals surface area contributed by atoms with Gasteiger partial charge in [0.1, 0.15) is 4.38 Å². The van der Waals surface area contributed by atoms with Gasteiger partial charge in [0.15, 0.2) is 0 Å². The van der Waals surface area contributed by atoms with Crippen LogP contribution in [0.3, 0.4) is 0 Å². The number of hydrogen-bond acceptors (Lipinski definition) is 4. The van der Waals surface area contributed by atoms with E-state index >= 15 is 0 Å². The summed E-state index contributed by atoms with van der Waals surface area (Å²) in [6, 6.07) is 18.4. The molecule has 5 heteroatoms. The molecule has 0 bridgehead atoms. The Kier molecular flexibility index (Phi) is 6.21. The molecule has 1 unspecified atom stereocenters. The molecule has 2 aromatic rings. The second-order valence-corrected chi connectivity index (χ2v) is 8.47. The van der Waals surface area contributed by atoms with Crippen molar-refractivity contribution >= 4 is 39.5 Å². The lowest BCUT2D eigenvalue weighted by Crippen LogP contribution is -2.33. The zero-order chi connectivity index (χ0) is 17.6. The number of aliphatic imine (C=N–C) groups is 1. The standard InChI is InChI=1S/C20H22N2OS2/c1-14(2)19(15-8-4-3-5-9-15)22-18(23)13-25-20-21-17-11-7-6-10-16(17)12-24-20/h3-11,14,19H,12-13H2,1-2H3,(H,22,23). The van der Waals surface area contributed by atoms with Gasteiger partial charge in [0.05, 0.1) is 17.5 Å². The smallest absolute Gasteiger partial charge is 0.230 e. The Labute approximate surface area is 157 Å². The zero-order valence-electron chi connectivity index (χ0n) is 14.4. The molecule has 1 atom stereocenters. The van der Waals surface area contributed by atoms with E-state index in [4.69, 9.17) is 0 Å². The molecule has 0 aromatic heterocycles. The summed E-state index contributed by atoms with van der Waals surface area (Å²) in [5, 5.41) is 3.17. The Balaban J connectivity index is 1.58. The highest BCUT2D eigenvalue weighted by Gasteiger charge is 2.19. The van der Waals surface area contributed by atoms with Crippen LogP contribution in [0.25, 0.3) is 0 Å². The maximum absolute atomic E-state index is 12.4. The van der Waals surface area contributed by atoms with E-state index in [1.54, 1.807) is 11.8 Å². The first-order chi connectivity index (χ1) is 12.1. The van der Waals surface area contributed by atoms with Crippen molar-refractivity contribution < 1.29 is 4.79 Å². The van der Waals surface area contributed by atoms with Gasteiger partial charge in [0.2, 0.25) is 5.91 Å². The van der Waals surface area contributed by atoms with Gasteiger partial charge in [-0.25, -0.2) is 4.99 Å². The summed E-state index contributed by atoms with van der Waals surface area (Å²) in [6.45, 7) is 4.26. The SMILES string of the molecule is CC(C)C(NC(=O)CSC1=Nc2ccccc2CS1)c1ccccc1. The number of fused-ring (bicyclic) bond motifs is 1. The van der Waals surface area contributed by atoms with Gasteiger partial charge in [-0.05, 0) is 23.1 Å². The second kappa shape index (κ2) is 8.59. The molecule has 0 fully saturated rings. The third kappa shape index (κ3) is 4.89. The first-order valence-electron chi connectivity index (χ1n) is 8.40. The van der Waals surface area contributed by atoms with Gasteiger partial charge < -0.3 is 5.32 Å². The van der Waals surface area contributed by atoms with E-state index in [-0.39, 0.29) is 11.9 Å². The van der Waals surface area contributed by atoms with Crippen LogP contribution in [0, 0.1) is 5.92 Å². The van der Waals surface area contributed by atoms with E-state index in [1.807, 2.05) is 36.4 Å².